The van der Waals surface area contributed by atoms with Crippen molar-refractivity contribution in [3.63, 3.8) is 0 Å². The van der Waals surface area contributed by atoms with Crippen molar-refractivity contribution in [3.05, 3.63) is 71.3 Å². The SMILES string of the molecule is COc1ccccc1C=CC(=O)NCc1ccc(CN2CCOCC2)cc1. The van der Waals surface area contributed by atoms with Crippen LogP contribution in [-0.4, -0.2) is 44.2 Å². The summed E-state index contributed by atoms with van der Waals surface area (Å²) in [6.07, 6.45) is 3.30. The lowest BCUT2D eigenvalue weighted by molar-refractivity contribution is -0.116. The predicted octanol–water partition coefficient (Wildman–Crippen LogP) is 2.86. The molecule has 0 unspecified atom stereocenters. The number of methoxy groups -OCH3 is 1. The van der Waals surface area contributed by atoms with Crippen LogP contribution in [0.25, 0.3) is 6.08 Å². The largest absolute Gasteiger partial charge is 0.496 e. The highest BCUT2D eigenvalue weighted by Gasteiger charge is 2.10. The summed E-state index contributed by atoms with van der Waals surface area (Å²) in [5.41, 5.74) is 3.24. The molecular weight excluding hydrogens is 340 g/mol. The molecule has 5 nitrogen and oxygen atoms in total. The maximum atomic E-state index is 12.1. The maximum absolute atomic E-state index is 12.1. The van der Waals surface area contributed by atoms with Gasteiger partial charge in [0.25, 0.3) is 0 Å². The Hall–Kier alpha value is -2.63. The normalized spacial score (nSPS) is 15.0. The van der Waals surface area contributed by atoms with E-state index in [1.165, 1.54) is 11.6 Å². The first-order valence-electron chi connectivity index (χ1n) is 9.21. The number of ether oxygens (including phenoxy) is 2. The molecule has 0 aromatic heterocycles. The van der Waals surface area contributed by atoms with Gasteiger partial charge >= 0.3 is 0 Å². The number of hydrogen-bond acceptors (Lipinski definition) is 4. The van der Waals surface area contributed by atoms with Crippen molar-refractivity contribution in [1.29, 1.82) is 0 Å². The molecule has 1 heterocycles. The molecule has 1 fully saturated rings. The van der Waals surface area contributed by atoms with Crippen LogP contribution >= 0.6 is 0 Å². The summed E-state index contributed by atoms with van der Waals surface area (Å²) in [5.74, 6) is 0.621. The van der Waals surface area contributed by atoms with Gasteiger partial charge in [0, 0.05) is 37.8 Å². The molecule has 2 aromatic rings. The van der Waals surface area contributed by atoms with Crippen LogP contribution in [0.3, 0.4) is 0 Å². The summed E-state index contributed by atoms with van der Waals surface area (Å²) in [4.78, 5) is 14.5. The lowest BCUT2D eigenvalue weighted by atomic mass is 10.1. The van der Waals surface area contributed by atoms with Crippen molar-refractivity contribution in [3.8, 4) is 5.75 Å². The van der Waals surface area contributed by atoms with E-state index in [0.29, 0.717) is 6.54 Å². The zero-order valence-corrected chi connectivity index (χ0v) is 15.7. The lowest BCUT2D eigenvalue weighted by Crippen LogP contribution is -2.35. The van der Waals surface area contributed by atoms with E-state index < -0.39 is 0 Å². The molecule has 1 saturated heterocycles. The van der Waals surface area contributed by atoms with Gasteiger partial charge in [-0.15, -0.1) is 0 Å². The molecule has 1 aliphatic heterocycles. The van der Waals surface area contributed by atoms with Crippen LogP contribution in [0, 0.1) is 0 Å². The first-order chi connectivity index (χ1) is 13.2. The zero-order valence-electron chi connectivity index (χ0n) is 15.7. The fraction of sp³-hybridized carbons (Fsp3) is 0.318. The van der Waals surface area contributed by atoms with Crippen LogP contribution in [0.4, 0.5) is 0 Å². The summed E-state index contributed by atoms with van der Waals surface area (Å²) in [5, 5.41) is 2.91. The molecule has 1 aliphatic rings. The fourth-order valence-electron chi connectivity index (χ4n) is 3.00. The molecule has 27 heavy (non-hydrogen) atoms. The van der Waals surface area contributed by atoms with E-state index in [0.717, 1.165) is 49.7 Å². The molecule has 0 bridgehead atoms. The molecule has 0 atom stereocenters. The molecule has 2 aromatic carbocycles. The Balaban J connectivity index is 1.47. The number of benzene rings is 2. The molecule has 0 radical (unpaired) electrons. The Bertz CT molecular complexity index is 765. The Morgan fingerprint density at radius 2 is 1.81 bits per heavy atom. The van der Waals surface area contributed by atoms with E-state index in [1.807, 2.05) is 24.3 Å². The van der Waals surface area contributed by atoms with Crippen molar-refractivity contribution >= 4 is 12.0 Å². The van der Waals surface area contributed by atoms with Gasteiger partial charge in [-0.1, -0.05) is 42.5 Å². The van der Waals surface area contributed by atoms with Crippen LogP contribution < -0.4 is 10.1 Å². The smallest absolute Gasteiger partial charge is 0.244 e. The number of morpholine rings is 1. The minimum Gasteiger partial charge on any atom is -0.496 e. The average molecular weight is 366 g/mol. The Morgan fingerprint density at radius 3 is 2.56 bits per heavy atom. The minimum absolute atomic E-state index is 0.127. The molecule has 0 aliphatic carbocycles. The van der Waals surface area contributed by atoms with Gasteiger partial charge in [-0.25, -0.2) is 0 Å². The first-order valence-corrected chi connectivity index (χ1v) is 9.21. The zero-order chi connectivity index (χ0) is 18.9. The topological polar surface area (TPSA) is 50.8 Å². The van der Waals surface area contributed by atoms with Gasteiger partial charge in [-0.05, 0) is 23.3 Å². The van der Waals surface area contributed by atoms with Gasteiger partial charge < -0.3 is 14.8 Å². The van der Waals surface area contributed by atoms with E-state index in [1.54, 1.807) is 13.2 Å². The third-order valence-corrected chi connectivity index (χ3v) is 4.55. The monoisotopic (exact) mass is 366 g/mol. The van der Waals surface area contributed by atoms with Crippen LogP contribution in [0.1, 0.15) is 16.7 Å². The fourth-order valence-corrected chi connectivity index (χ4v) is 3.00. The second kappa shape index (κ2) is 9.90. The molecule has 3 rings (SSSR count). The highest BCUT2D eigenvalue weighted by molar-refractivity contribution is 5.92. The number of rotatable bonds is 7. The third-order valence-electron chi connectivity index (χ3n) is 4.55. The number of carbonyl (C=O) groups excluding carboxylic acids is 1. The number of para-hydroxylation sites is 1. The minimum atomic E-state index is -0.127. The van der Waals surface area contributed by atoms with Gasteiger partial charge in [0.15, 0.2) is 0 Å². The van der Waals surface area contributed by atoms with E-state index >= 15 is 0 Å². The lowest BCUT2D eigenvalue weighted by Gasteiger charge is -2.26. The Labute approximate surface area is 160 Å². The standard InChI is InChI=1S/C22H26N2O3/c1-26-21-5-3-2-4-20(21)10-11-22(25)23-16-18-6-8-19(9-7-18)17-24-12-14-27-15-13-24/h2-11H,12-17H2,1H3,(H,23,25). The van der Waals surface area contributed by atoms with Crippen LogP contribution in [0.15, 0.2) is 54.6 Å². The highest BCUT2D eigenvalue weighted by atomic mass is 16.5. The number of nitrogens with one attached hydrogen (secondary N) is 1. The predicted molar refractivity (Wildman–Crippen MR) is 106 cm³/mol. The van der Waals surface area contributed by atoms with Crippen LogP contribution in [0.5, 0.6) is 5.75 Å². The molecule has 1 N–H and O–H groups in total. The third kappa shape index (κ3) is 5.94. The van der Waals surface area contributed by atoms with Crippen LogP contribution in [0.2, 0.25) is 0 Å². The average Bonchev–Trinajstić information content (AvgIpc) is 2.72. The highest BCUT2D eigenvalue weighted by Crippen LogP contribution is 2.18. The summed E-state index contributed by atoms with van der Waals surface area (Å²) in [7, 11) is 1.62. The van der Waals surface area contributed by atoms with E-state index in [2.05, 4.69) is 34.5 Å². The molecule has 0 saturated carbocycles. The first kappa shape index (κ1) is 19.1. The summed E-state index contributed by atoms with van der Waals surface area (Å²) < 4.78 is 10.7. The van der Waals surface area contributed by atoms with E-state index in [9.17, 15) is 4.79 Å². The van der Waals surface area contributed by atoms with Crippen molar-refractivity contribution in [2.24, 2.45) is 0 Å². The van der Waals surface area contributed by atoms with Crippen molar-refractivity contribution < 1.29 is 14.3 Å². The Kier molecular flexibility index (Phi) is 7.02. The molecule has 0 spiro atoms. The van der Waals surface area contributed by atoms with Gasteiger partial charge in [0.1, 0.15) is 5.75 Å². The van der Waals surface area contributed by atoms with E-state index in [4.69, 9.17) is 9.47 Å². The summed E-state index contributed by atoms with van der Waals surface area (Å²) in [6.45, 7) is 5.04. The van der Waals surface area contributed by atoms with Gasteiger partial charge in [-0.2, -0.15) is 0 Å². The summed E-state index contributed by atoms with van der Waals surface area (Å²) >= 11 is 0. The number of nitrogens with zero attached hydrogens (tertiary/aromatic N) is 1. The number of hydrogen-bond donors (Lipinski definition) is 1. The molecule has 5 heteroatoms. The summed E-state index contributed by atoms with van der Waals surface area (Å²) in [6, 6.07) is 16.0. The molecule has 1 amide bonds. The van der Waals surface area contributed by atoms with Crippen molar-refractivity contribution in [1.82, 2.24) is 10.2 Å². The van der Waals surface area contributed by atoms with Crippen molar-refractivity contribution in [2.45, 2.75) is 13.1 Å². The van der Waals surface area contributed by atoms with Gasteiger partial charge in [-0.3, -0.25) is 9.69 Å². The second-order valence-electron chi connectivity index (χ2n) is 6.50. The van der Waals surface area contributed by atoms with Gasteiger partial charge in [0.2, 0.25) is 5.91 Å². The maximum Gasteiger partial charge on any atom is 0.244 e. The Morgan fingerprint density at radius 1 is 1.11 bits per heavy atom. The quantitative estimate of drug-likeness (QED) is 0.766. The molecular formula is C22H26N2O3. The van der Waals surface area contributed by atoms with Gasteiger partial charge in [0.05, 0.1) is 20.3 Å². The number of amides is 1. The number of carbonyl (C=O) groups is 1. The van der Waals surface area contributed by atoms with Crippen LogP contribution in [-0.2, 0) is 22.6 Å². The molecule has 142 valence electrons. The van der Waals surface area contributed by atoms with Crippen molar-refractivity contribution in [2.75, 3.05) is 33.4 Å². The second-order valence-corrected chi connectivity index (χ2v) is 6.50. The van der Waals surface area contributed by atoms with E-state index in [-0.39, 0.29) is 5.91 Å².